The van der Waals surface area contributed by atoms with E-state index >= 15 is 0 Å². The lowest BCUT2D eigenvalue weighted by molar-refractivity contribution is -0.194. The molecule has 4 atom stereocenters. The number of ether oxygens (including phenoxy) is 4. The smallest absolute Gasteiger partial charge is 0.330 e. The maximum absolute atomic E-state index is 11.3. The van der Waals surface area contributed by atoms with Gasteiger partial charge in [-0.25, -0.2) is 4.79 Å². The monoisotopic (exact) mass is 360 g/mol. The fraction of sp³-hybridized carbons (Fsp3) is 0.533. The van der Waals surface area contributed by atoms with Gasteiger partial charge in [-0.15, -0.1) is 0 Å². The quantitative estimate of drug-likeness (QED) is 0.225. The number of rotatable bonds is 10. The maximum atomic E-state index is 11.3. The average Bonchev–Trinajstić information content (AvgIpc) is 2.52. The van der Waals surface area contributed by atoms with Gasteiger partial charge in [-0.05, 0) is 0 Å². The van der Waals surface area contributed by atoms with Gasteiger partial charge in [0.25, 0.3) is 0 Å². The predicted molar refractivity (Wildman–Crippen MR) is 79.9 cm³/mol. The van der Waals surface area contributed by atoms with E-state index in [4.69, 9.17) is 14.2 Å². The number of hydrogen-bond acceptors (Lipinski definition) is 10. The zero-order valence-electron chi connectivity index (χ0n) is 14.0. The molecule has 0 spiro atoms. The first kappa shape index (κ1) is 22.2. The Bertz CT molecular complexity index is 526. The lowest BCUT2D eigenvalue weighted by Gasteiger charge is -2.31. The predicted octanol–water partition coefficient (Wildman–Crippen LogP) is -0.929. The molecule has 25 heavy (non-hydrogen) atoms. The number of aldehydes is 1. The molecule has 1 N–H and O–H groups in total. The maximum Gasteiger partial charge on any atom is 0.330 e. The second kappa shape index (κ2) is 10.9. The standard InChI is InChI=1S/C15H20O10/c1-5-13(21)22-7-11(20)14(24-9(3)18)15(25-10(4)19)12(6-16)23-8(2)17/h5-6,11-12,14-15,20H,1,7H2,2-4H3/t11-,12+,14-,15-/m1/s1. The molecule has 140 valence electrons. The molecular weight excluding hydrogens is 340 g/mol. The van der Waals surface area contributed by atoms with Crippen LogP contribution in [-0.4, -0.2) is 66.3 Å². The first-order chi connectivity index (χ1) is 11.6. The Morgan fingerprint density at radius 2 is 1.44 bits per heavy atom. The van der Waals surface area contributed by atoms with Gasteiger partial charge in [0.15, 0.2) is 24.6 Å². The minimum atomic E-state index is -1.69. The molecule has 0 aromatic heterocycles. The first-order valence-electron chi connectivity index (χ1n) is 7.06. The molecule has 0 aliphatic carbocycles. The van der Waals surface area contributed by atoms with E-state index in [1.54, 1.807) is 0 Å². The average molecular weight is 360 g/mol. The van der Waals surface area contributed by atoms with E-state index in [1.165, 1.54) is 0 Å². The second-order valence-electron chi connectivity index (χ2n) is 4.76. The molecular formula is C15H20O10. The van der Waals surface area contributed by atoms with Crippen LogP contribution in [-0.2, 0) is 42.9 Å². The second-order valence-corrected chi connectivity index (χ2v) is 4.76. The van der Waals surface area contributed by atoms with Crippen molar-refractivity contribution in [3.8, 4) is 0 Å². The van der Waals surface area contributed by atoms with E-state index in [1.807, 2.05) is 0 Å². The summed E-state index contributed by atoms with van der Waals surface area (Å²) in [5.41, 5.74) is 0. The summed E-state index contributed by atoms with van der Waals surface area (Å²) in [5.74, 6) is -3.51. The molecule has 0 rings (SSSR count). The van der Waals surface area contributed by atoms with Crippen LogP contribution in [0, 0.1) is 0 Å². The van der Waals surface area contributed by atoms with Crippen LogP contribution in [0.15, 0.2) is 12.7 Å². The van der Waals surface area contributed by atoms with Gasteiger partial charge in [0.2, 0.25) is 0 Å². The molecule has 0 amide bonds. The van der Waals surface area contributed by atoms with Gasteiger partial charge in [0.05, 0.1) is 0 Å². The normalized spacial score (nSPS) is 14.9. The summed E-state index contributed by atoms with van der Waals surface area (Å²) < 4.78 is 19.1. The Labute approximate surface area is 143 Å². The highest BCUT2D eigenvalue weighted by Gasteiger charge is 2.41. The van der Waals surface area contributed by atoms with Crippen LogP contribution in [0.3, 0.4) is 0 Å². The van der Waals surface area contributed by atoms with Crippen molar-refractivity contribution < 1.29 is 48.0 Å². The van der Waals surface area contributed by atoms with E-state index in [-0.39, 0.29) is 6.29 Å². The molecule has 0 aromatic carbocycles. The third-order valence-electron chi connectivity index (χ3n) is 2.63. The van der Waals surface area contributed by atoms with E-state index in [0.717, 1.165) is 26.8 Å². The van der Waals surface area contributed by atoms with Gasteiger partial charge in [-0.2, -0.15) is 0 Å². The van der Waals surface area contributed by atoms with Gasteiger partial charge < -0.3 is 24.1 Å². The number of aliphatic hydroxyl groups excluding tert-OH is 1. The Hall–Kier alpha value is -2.75. The lowest BCUT2D eigenvalue weighted by Crippen LogP contribution is -2.52. The van der Waals surface area contributed by atoms with E-state index in [2.05, 4.69) is 11.3 Å². The van der Waals surface area contributed by atoms with Crippen LogP contribution >= 0.6 is 0 Å². The van der Waals surface area contributed by atoms with Gasteiger partial charge in [0.1, 0.15) is 12.7 Å². The molecule has 0 aliphatic rings. The number of carbonyl (C=O) groups is 5. The molecule has 0 aromatic rings. The van der Waals surface area contributed by atoms with Crippen molar-refractivity contribution in [2.75, 3.05) is 6.61 Å². The Kier molecular flexibility index (Phi) is 9.72. The summed E-state index contributed by atoms with van der Waals surface area (Å²) in [7, 11) is 0. The van der Waals surface area contributed by atoms with Crippen LogP contribution < -0.4 is 0 Å². The molecule has 0 saturated heterocycles. The van der Waals surface area contributed by atoms with Gasteiger partial charge in [0, 0.05) is 26.8 Å². The Balaban J connectivity index is 5.56. The number of esters is 4. The first-order valence-corrected chi connectivity index (χ1v) is 7.06. The molecule has 10 heteroatoms. The summed E-state index contributed by atoms with van der Waals surface area (Å²) in [6.07, 6.45) is -5.66. The summed E-state index contributed by atoms with van der Waals surface area (Å²) in [6, 6.07) is 0. The zero-order valence-corrected chi connectivity index (χ0v) is 14.0. The molecule has 0 unspecified atom stereocenters. The molecule has 0 heterocycles. The van der Waals surface area contributed by atoms with Gasteiger partial charge in [-0.1, -0.05) is 6.58 Å². The van der Waals surface area contributed by atoms with Crippen LogP contribution in [0.4, 0.5) is 0 Å². The highest BCUT2D eigenvalue weighted by Crippen LogP contribution is 2.17. The van der Waals surface area contributed by atoms with Crippen LogP contribution in [0.2, 0.25) is 0 Å². The van der Waals surface area contributed by atoms with Gasteiger partial charge >= 0.3 is 23.9 Å². The van der Waals surface area contributed by atoms with Crippen molar-refractivity contribution in [1.82, 2.24) is 0 Å². The van der Waals surface area contributed by atoms with E-state index in [0.29, 0.717) is 0 Å². The number of carbonyl (C=O) groups excluding carboxylic acids is 5. The van der Waals surface area contributed by atoms with E-state index < -0.39 is 54.9 Å². The third-order valence-corrected chi connectivity index (χ3v) is 2.63. The highest BCUT2D eigenvalue weighted by atomic mass is 16.6. The fourth-order valence-electron chi connectivity index (χ4n) is 1.75. The van der Waals surface area contributed by atoms with Crippen molar-refractivity contribution >= 4 is 30.2 Å². The molecule has 0 fully saturated rings. The SMILES string of the molecule is C=CC(=O)OC[C@@H](O)[C@@H](OC(C)=O)[C@H](OC(C)=O)[C@H](C=O)OC(C)=O. The molecule has 0 saturated carbocycles. The molecule has 0 aliphatic heterocycles. The van der Waals surface area contributed by atoms with Crippen LogP contribution in [0.25, 0.3) is 0 Å². The minimum absolute atomic E-state index is 0.147. The summed E-state index contributed by atoms with van der Waals surface area (Å²) in [6.45, 7) is 5.51. The topological polar surface area (TPSA) is 143 Å². The molecule has 0 bridgehead atoms. The summed E-state index contributed by atoms with van der Waals surface area (Å²) in [4.78, 5) is 55.9. The molecule has 10 nitrogen and oxygen atoms in total. The highest BCUT2D eigenvalue weighted by molar-refractivity contribution is 5.81. The fourth-order valence-corrected chi connectivity index (χ4v) is 1.75. The number of aliphatic hydroxyl groups is 1. The van der Waals surface area contributed by atoms with Crippen LogP contribution in [0.5, 0.6) is 0 Å². The zero-order chi connectivity index (χ0) is 19.6. The van der Waals surface area contributed by atoms with Gasteiger partial charge in [-0.3, -0.25) is 19.2 Å². The third kappa shape index (κ3) is 8.61. The summed E-state index contributed by atoms with van der Waals surface area (Å²) in [5, 5.41) is 10.1. The Morgan fingerprint density at radius 1 is 0.960 bits per heavy atom. The van der Waals surface area contributed by atoms with E-state index in [9.17, 15) is 29.1 Å². The Morgan fingerprint density at radius 3 is 1.84 bits per heavy atom. The van der Waals surface area contributed by atoms with Crippen LogP contribution in [0.1, 0.15) is 20.8 Å². The summed E-state index contributed by atoms with van der Waals surface area (Å²) >= 11 is 0. The minimum Gasteiger partial charge on any atom is -0.460 e. The largest absolute Gasteiger partial charge is 0.460 e. The van der Waals surface area contributed by atoms with Crippen molar-refractivity contribution in [1.29, 1.82) is 0 Å². The van der Waals surface area contributed by atoms with Crippen molar-refractivity contribution in [2.45, 2.75) is 45.2 Å². The van der Waals surface area contributed by atoms with Crippen molar-refractivity contribution in [3.63, 3.8) is 0 Å². The van der Waals surface area contributed by atoms with Crippen molar-refractivity contribution in [2.24, 2.45) is 0 Å². The van der Waals surface area contributed by atoms with Crippen molar-refractivity contribution in [3.05, 3.63) is 12.7 Å². The number of hydrogen-bond donors (Lipinski definition) is 1. The molecule has 0 radical (unpaired) electrons. The lowest BCUT2D eigenvalue weighted by atomic mass is 10.0.